The highest BCUT2D eigenvalue weighted by molar-refractivity contribution is 5.88. The number of anilines is 1. The van der Waals surface area contributed by atoms with Crippen LogP contribution in [0.4, 0.5) is 10.6 Å². The van der Waals surface area contributed by atoms with Crippen molar-refractivity contribution in [3.05, 3.63) is 24.0 Å². The standard InChI is InChI=1S/C19H30N6O2/c1-12(2)14(5)25-16(6-9-20-25)21-19(26)24-10-7-15(8-11-24)18-22-17(13(3)4)23-27-18/h6,9,12-15H,7-8,10-11H2,1-5H3,(H,21,26). The minimum absolute atomic E-state index is 0.0837. The molecule has 2 aromatic heterocycles. The molecule has 148 valence electrons. The summed E-state index contributed by atoms with van der Waals surface area (Å²) in [5, 5.41) is 11.4. The van der Waals surface area contributed by atoms with Gasteiger partial charge in [0.1, 0.15) is 5.82 Å². The Morgan fingerprint density at radius 3 is 2.52 bits per heavy atom. The van der Waals surface area contributed by atoms with Gasteiger partial charge in [-0.3, -0.25) is 5.32 Å². The van der Waals surface area contributed by atoms with Crippen LogP contribution in [0.3, 0.4) is 0 Å². The predicted molar refractivity (Wildman–Crippen MR) is 103 cm³/mol. The molecule has 3 rings (SSSR count). The van der Waals surface area contributed by atoms with Crippen molar-refractivity contribution >= 4 is 11.8 Å². The molecule has 3 heterocycles. The summed E-state index contributed by atoms with van der Waals surface area (Å²) in [6, 6.07) is 1.98. The first kappa shape index (κ1) is 19.4. The predicted octanol–water partition coefficient (Wildman–Crippen LogP) is 4.02. The van der Waals surface area contributed by atoms with E-state index >= 15 is 0 Å². The fraction of sp³-hybridized carbons (Fsp3) is 0.684. The molecule has 1 N–H and O–H groups in total. The van der Waals surface area contributed by atoms with Gasteiger partial charge >= 0.3 is 6.03 Å². The number of rotatable bonds is 5. The Morgan fingerprint density at radius 2 is 1.93 bits per heavy atom. The van der Waals surface area contributed by atoms with Gasteiger partial charge in [-0.2, -0.15) is 10.1 Å². The van der Waals surface area contributed by atoms with Gasteiger partial charge in [0.2, 0.25) is 5.89 Å². The summed E-state index contributed by atoms with van der Waals surface area (Å²) in [6.45, 7) is 11.8. The summed E-state index contributed by atoms with van der Waals surface area (Å²) in [6.07, 6.45) is 3.38. The molecular weight excluding hydrogens is 344 g/mol. The SMILES string of the molecule is CC(C)c1noc(C2CCN(C(=O)Nc3ccnn3C(C)C(C)C)CC2)n1. The van der Waals surface area contributed by atoms with Crippen LogP contribution < -0.4 is 5.32 Å². The summed E-state index contributed by atoms with van der Waals surface area (Å²) in [5.74, 6) is 3.09. The van der Waals surface area contributed by atoms with Gasteiger partial charge in [0.05, 0.1) is 12.2 Å². The Bertz CT molecular complexity index is 758. The van der Waals surface area contributed by atoms with Crippen LogP contribution in [0.15, 0.2) is 16.8 Å². The molecule has 2 aromatic rings. The second-order valence-corrected chi connectivity index (χ2v) is 7.98. The number of carbonyl (C=O) groups excluding carboxylic acids is 1. The number of aromatic nitrogens is 4. The lowest BCUT2D eigenvalue weighted by Crippen LogP contribution is -2.41. The van der Waals surface area contributed by atoms with Crippen molar-refractivity contribution in [2.45, 2.75) is 65.3 Å². The van der Waals surface area contributed by atoms with Gasteiger partial charge in [0, 0.05) is 31.0 Å². The molecule has 2 amide bonds. The van der Waals surface area contributed by atoms with Crippen LogP contribution in [0.25, 0.3) is 0 Å². The summed E-state index contributed by atoms with van der Waals surface area (Å²) >= 11 is 0. The summed E-state index contributed by atoms with van der Waals surface area (Å²) in [7, 11) is 0. The molecule has 1 aliphatic heterocycles. The van der Waals surface area contributed by atoms with E-state index in [4.69, 9.17) is 4.52 Å². The molecule has 1 saturated heterocycles. The molecule has 1 fully saturated rings. The molecule has 0 aliphatic carbocycles. The monoisotopic (exact) mass is 374 g/mol. The van der Waals surface area contributed by atoms with Gasteiger partial charge in [-0.15, -0.1) is 0 Å². The van der Waals surface area contributed by atoms with Gasteiger partial charge in [-0.25, -0.2) is 9.48 Å². The third kappa shape index (κ3) is 4.31. The molecule has 0 bridgehead atoms. The number of carbonyl (C=O) groups is 1. The Kier molecular flexibility index (Phi) is 5.82. The van der Waals surface area contributed by atoms with Crippen molar-refractivity contribution in [1.29, 1.82) is 0 Å². The molecule has 0 radical (unpaired) electrons. The molecule has 0 spiro atoms. The molecule has 8 heteroatoms. The maximum atomic E-state index is 12.7. The van der Waals surface area contributed by atoms with E-state index in [1.54, 1.807) is 6.20 Å². The number of nitrogens with one attached hydrogen (secondary N) is 1. The normalized spacial score (nSPS) is 16.9. The van der Waals surface area contributed by atoms with E-state index in [-0.39, 0.29) is 23.9 Å². The molecule has 1 atom stereocenters. The lowest BCUT2D eigenvalue weighted by Gasteiger charge is -2.30. The van der Waals surface area contributed by atoms with Crippen molar-refractivity contribution in [3.63, 3.8) is 0 Å². The van der Waals surface area contributed by atoms with E-state index in [9.17, 15) is 4.79 Å². The van der Waals surface area contributed by atoms with Crippen LogP contribution in [0.1, 0.15) is 77.1 Å². The number of hydrogen-bond donors (Lipinski definition) is 1. The fourth-order valence-corrected chi connectivity index (χ4v) is 3.19. The van der Waals surface area contributed by atoms with Crippen molar-refractivity contribution in [3.8, 4) is 0 Å². The van der Waals surface area contributed by atoms with Gasteiger partial charge in [0.25, 0.3) is 0 Å². The largest absolute Gasteiger partial charge is 0.339 e. The number of nitrogens with zero attached hydrogens (tertiary/aromatic N) is 5. The number of likely N-dealkylation sites (tertiary alicyclic amines) is 1. The number of hydrogen-bond acceptors (Lipinski definition) is 5. The summed E-state index contributed by atoms with van der Waals surface area (Å²) in [5.41, 5.74) is 0. The van der Waals surface area contributed by atoms with E-state index in [1.807, 2.05) is 29.5 Å². The quantitative estimate of drug-likeness (QED) is 0.854. The first-order valence-electron chi connectivity index (χ1n) is 9.79. The zero-order valence-electron chi connectivity index (χ0n) is 16.8. The van der Waals surface area contributed by atoms with E-state index in [0.29, 0.717) is 24.9 Å². The van der Waals surface area contributed by atoms with Crippen LogP contribution in [-0.4, -0.2) is 43.9 Å². The second kappa shape index (κ2) is 8.10. The second-order valence-electron chi connectivity index (χ2n) is 7.98. The van der Waals surface area contributed by atoms with Gasteiger partial charge in [0.15, 0.2) is 5.82 Å². The number of urea groups is 1. The van der Waals surface area contributed by atoms with Crippen LogP contribution >= 0.6 is 0 Å². The van der Waals surface area contributed by atoms with Crippen LogP contribution in [0, 0.1) is 5.92 Å². The van der Waals surface area contributed by atoms with Gasteiger partial charge < -0.3 is 9.42 Å². The first-order valence-corrected chi connectivity index (χ1v) is 9.79. The van der Waals surface area contributed by atoms with Crippen LogP contribution in [0.2, 0.25) is 0 Å². The summed E-state index contributed by atoms with van der Waals surface area (Å²) < 4.78 is 7.30. The highest BCUT2D eigenvalue weighted by Gasteiger charge is 2.28. The highest BCUT2D eigenvalue weighted by atomic mass is 16.5. The smallest absolute Gasteiger partial charge is 0.322 e. The zero-order chi connectivity index (χ0) is 19.6. The topological polar surface area (TPSA) is 89.1 Å². The van der Waals surface area contributed by atoms with E-state index in [2.05, 4.69) is 41.3 Å². The van der Waals surface area contributed by atoms with Crippen molar-refractivity contribution in [2.75, 3.05) is 18.4 Å². The third-order valence-corrected chi connectivity index (χ3v) is 5.36. The molecule has 27 heavy (non-hydrogen) atoms. The average Bonchev–Trinajstić information content (AvgIpc) is 3.30. The van der Waals surface area contributed by atoms with Gasteiger partial charge in [-0.05, 0) is 25.7 Å². The fourth-order valence-electron chi connectivity index (χ4n) is 3.19. The Labute approximate surface area is 160 Å². The molecular formula is C19H30N6O2. The van der Waals surface area contributed by atoms with E-state index < -0.39 is 0 Å². The number of amides is 2. The van der Waals surface area contributed by atoms with Crippen molar-refractivity contribution in [1.82, 2.24) is 24.8 Å². The molecule has 8 nitrogen and oxygen atoms in total. The van der Waals surface area contributed by atoms with E-state index in [0.717, 1.165) is 24.5 Å². The summed E-state index contributed by atoms with van der Waals surface area (Å²) in [4.78, 5) is 19.0. The van der Waals surface area contributed by atoms with Crippen LogP contribution in [0.5, 0.6) is 0 Å². The lowest BCUT2D eigenvalue weighted by atomic mass is 9.97. The van der Waals surface area contributed by atoms with Crippen LogP contribution in [-0.2, 0) is 0 Å². The lowest BCUT2D eigenvalue weighted by molar-refractivity contribution is 0.187. The minimum Gasteiger partial charge on any atom is -0.339 e. The Balaban J connectivity index is 1.57. The Hall–Kier alpha value is -2.38. The highest BCUT2D eigenvalue weighted by Crippen LogP contribution is 2.28. The molecule has 1 aliphatic rings. The third-order valence-electron chi connectivity index (χ3n) is 5.36. The maximum absolute atomic E-state index is 12.7. The van der Waals surface area contributed by atoms with E-state index in [1.165, 1.54) is 0 Å². The minimum atomic E-state index is -0.0837. The Morgan fingerprint density at radius 1 is 1.22 bits per heavy atom. The molecule has 1 unspecified atom stereocenters. The van der Waals surface area contributed by atoms with Crippen molar-refractivity contribution < 1.29 is 9.32 Å². The molecule has 0 aromatic carbocycles. The maximum Gasteiger partial charge on any atom is 0.322 e. The average molecular weight is 374 g/mol. The molecule has 0 saturated carbocycles. The van der Waals surface area contributed by atoms with Gasteiger partial charge in [-0.1, -0.05) is 32.9 Å². The first-order chi connectivity index (χ1) is 12.9. The zero-order valence-corrected chi connectivity index (χ0v) is 16.8. The van der Waals surface area contributed by atoms with Crippen molar-refractivity contribution in [2.24, 2.45) is 5.92 Å². The number of piperidine rings is 1.